The Labute approximate surface area is 140 Å². The summed E-state index contributed by atoms with van der Waals surface area (Å²) >= 11 is 5.86. The van der Waals surface area contributed by atoms with Crippen LogP contribution < -0.4 is 10.5 Å². The van der Waals surface area contributed by atoms with Gasteiger partial charge in [0.1, 0.15) is 12.4 Å². The first-order valence-corrected chi connectivity index (χ1v) is 7.71. The topological polar surface area (TPSA) is 35.2 Å². The molecular formula is C20H16ClNO. The van der Waals surface area contributed by atoms with Crippen molar-refractivity contribution in [1.82, 2.24) is 0 Å². The van der Waals surface area contributed by atoms with Crippen molar-refractivity contribution in [3.8, 4) is 17.6 Å². The molecule has 0 bridgehead atoms. The van der Waals surface area contributed by atoms with Crippen LogP contribution >= 0.6 is 11.6 Å². The van der Waals surface area contributed by atoms with E-state index in [2.05, 4.69) is 24.0 Å². The lowest BCUT2D eigenvalue weighted by molar-refractivity contribution is 0.370. The van der Waals surface area contributed by atoms with E-state index in [9.17, 15) is 0 Å². The molecule has 0 aliphatic rings. The van der Waals surface area contributed by atoms with Crippen LogP contribution in [0.5, 0.6) is 5.75 Å². The molecule has 0 heterocycles. The van der Waals surface area contributed by atoms with Crippen LogP contribution in [0.3, 0.4) is 0 Å². The van der Waals surface area contributed by atoms with Crippen LogP contribution in [0.25, 0.3) is 10.8 Å². The molecule has 23 heavy (non-hydrogen) atoms. The van der Waals surface area contributed by atoms with E-state index in [-0.39, 0.29) is 6.04 Å². The van der Waals surface area contributed by atoms with Crippen LogP contribution in [0.15, 0.2) is 66.7 Å². The van der Waals surface area contributed by atoms with Crippen LogP contribution in [-0.2, 0) is 0 Å². The van der Waals surface area contributed by atoms with Gasteiger partial charge in [0.2, 0.25) is 0 Å². The number of hydrogen-bond donors (Lipinski definition) is 1. The standard InChI is InChI=1S/C20H16ClNO/c21-18-10-7-16(8-11-18)20(22)6-3-13-23-19-12-9-15-4-1-2-5-17(15)14-19/h1-2,4-5,7-12,14,20H,13,22H2. The van der Waals surface area contributed by atoms with E-state index in [1.165, 1.54) is 5.39 Å². The second-order valence-electron chi connectivity index (χ2n) is 5.15. The minimum atomic E-state index is -0.340. The first-order chi connectivity index (χ1) is 11.2. The lowest BCUT2D eigenvalue weighted by Crippen LogP contribution is -2.07. The first kappa shape index (κ1) is 15.4. The van der Waals surface area contributed by atoms with Gasteiger partial charge in [-0.05, 0) is 40.6 Å². The molecule has 2 N–H and O–H groups in total. The number of hydrogen-bond acceptors (Lipinski definition) is 2. The quantitative estimate of drug-likeness (QED) is 0.717. The Morgan fingerprint density at radius 2 is 1.70 bits per heavy atom. The van der Waals surface area contributed by atoms with Crippen molar-refractivity contribution < 1.29 is 4.74 Å². The molecule has 1 unspecified atom stereocenters. The lowest BCUT2D eigenvalue weighted by Gasteiger charge is -2.05. The van der Waals surface area contributed by atoms with E-state index >= 15 is 0 Å². The molecule has 2 nitrogen and oxygen atoms in total. The summed E-state index contributed by atoms with van der Waals surface area (Å²) in [4.78, 5) is 0. The van der Waals surface area contributed by atoms with Gasteiger partial charge in [0.25, 0.3) is 0 Å². The highest BCUT2D eigenvalue weighted by Gasteiger charge is 2.01. The van der Waals surface area contributed by atoms with Gasteiger partial charge in [0, 0.05) is 5.02 Å². The predicted octanol–water partition coefficient (Wildman–Crippen LogP) is 4.58. The molecule has 3 aromatic rings. The molecule has 0 fully saturated rings. The highest BCUT2D eigenvalue weighted by molar-refractivity contribution is 6.30. The molecule has 114 valence electrons. The van der Waals surface area contributed by atoms with Gasteiger partial charge in [-0.25, -0.2) is 0 Å². The molecule has 3 heteroatoms. The van der Waals surface area contributed by atoms with Crippen LogP contribution in [0.4, 0.5) is 0 Å². The maximum atomic E-state index is 6.03. The fourth-order valence-electron chi connectivity index (χ4n) is 2.28. The van der Waals surface area contributed by atoms with E-state index in [0.717, 1.165) is 16.7 Å². The maximum absolute atomic E-state index is 6.03. The van der Waals surface area contributed by atoms with Crippen LogP contribution in [-0.4, -0.2) is 6.61 Å². The molecule has 0 radical (unpaired) electrons. The number of halogens is 1. The molecule has 0 saturated heterocycles. The SMILES string of the molecule is NC(C#CCOc1ccc2ccccc2c1)c1ccc(Cl)cc1. The molecule has 0 aliphatic heterocycles. The molecule has 0 amide bonds. The largest absolute Gasteiger partial charge is 0.481 e. The summed E-state index contributed by atoms with van der Waals surface area (Å²) in [5.74, 6) is 6.75. The van der Waals surface area contributed by atoms with Crippen molar-refractivity contribution in [1.29, 1.82) is 0 Å². The molecular weight excluding hydrogens is 306 g/mol. The Balaban J connectivity index is 1.61. The van der Waals surface area contributed by atoms with Gasteiger partial charge in [-0.3, -0.25) is 0 Å². The Hall–Kier alpha value is -2.47. The van der Waals surface area contributed by atoms with E-state index in [1.807, 2.05) is 54.6 Å². The highest BCUT2D eigenvalue weighted by Crippen LogP contribution is 2.20. The third kappa shape index (κ3) is 4.04. The van der Waals surface area contributed by atoms with Crippen molar-refractivity contribution in [2.75, 3.05) is 6.61 Å². The molecule has 3 rings (SSSR count). The van der Waals surface area contributed by atoms with Gasteiger partial charge >= 0.3 is 0 Å². The summed E-state index contributed by atoms with van der Waals surface area (Å²) in [6, 6.07) is 21.2. The number of rotatable bonds is 3. The highest BCUT2D eigenvalue weighted by atomic mass is 35.5. The third-order valence-electron chi connectivity index (χ3n) is 3.52. The van der Waals surface area contributed by atoms with Crippen LogP contribution in [0, 0.1) is 11.8 Å². The average Bonchev–Trinajstić information content (AvgIpc) is 2.59. The summed E-state index contributed by atoms with van der Waals surface area (Å²) in [6.07, 6.45) is 0. The minimum absolute atomic E-state index is 0.305. The zero-order valence-corrected chi connectivity index (χ0v) is 13.3. The smallest absolute Gasteiger partial charge is 0.149 e. The Kier molecular flexibility index (Phi) is 4.83. The summed E-state index contributed by atoms with van der Waals surface area (Å²) in [6.45, 7) is 0.305. The summed E-state index contributed by atoms with van der Waals surface area (Å²) in [5, 5.41) is 3.03. The Morgan fingerprint density at radius 1 is 0.957 bits per heavy atom. The number of benzene rings is 3. The van der Waals surface area contributed by atoms with Crippen molar-refractivity contribution >= 4 is 22.4 Å². The number of nitrogens with two attached hydrogens (primary N) is 1. The summed E-state index contributed by atoms with van der Waals surface area (Å²) < 4.78 is 5.67. The molecule has 0 aromatic heterocycles. The second kappa shape index (κ2) is 7.19. The second-order valence-corrected chi connectivity index (χ2v) is 5.58. The molecule has 0 aliphatic carbocycles. The van der Waals surface area contributed by atoms with Gasteiger partial charge in [-0.15, -0.1) is 0 Å². The van der Waals surface area contributed by atoms with Crippen molar-refractivity contribution in [2.24, 2.45) is 5.73 Å². The zero-order chi connectivity index (χ0) is 16.1. The zero-order valence-electron chi connectivity index (χ0n) is 12.5. The Morgan fingerprint density at radius 3 is 2.48 bits per heavy atom. The predicted molar refractivity (Wildman–Crippen MR) is 95.6 cm³/mol. The molecule has 0 saturated carbocycles. The van der Waals surface area contributed by atoms with E-state index in [0.29, 0.717) is 11.6 Å². The normalized spacial score (nSPS) is 11.6. The first-order valence-electron chi connectivity index (χ1n) is 7.33. The van der Waals surface area contributed by atoms with Gasteiger partial charge in [0.05, 0.1) is 6.04 Å². The minimum Gasteiger partial charge on any atom is -0.481 e. The van der Waals surface area contributed by atoms with Crippen LogP contribution in [0.1, 0.15) is 11.6 Å². The molecule has 1 atom stereocenters. The van der Waals surface area contributed by atoms with Gasteiger partial charge in [-0.2, -0.15) is 0 Å². The lowest BCUT2D eigenvalue weighted by atomic mass is 10.1. The number of ether oxygens (including phenoxy) is 1. The fourth-order valence-corrected chi connectivity index (χ4v) is 2.41. The van der Waals surface area contributed by atoms with Crippen LogP contribution in [0.2, 0.25) is 5.02 Å². The van der Waals surface area contributed by atoms with E-state index in [4.69, 9.17) is 22.1 Å². The third-order valence-corrected chi connectivity index (χ3v) is 3.77. The van der Waals surface area contributed by atoms with E-state index in [1.54, 1.807) is 0 Å². The number of fused-ring (bicyclic) bond motifs is 1. The summed E-state index contributed by atoms with van der Waals surface area (Å²) in [7, 11) is 0. The Bertz CT molecular complexity index is 862. The maximum Gasteiger partial charge on any atom is 0.149 e. The van der Waals surface area contributed by atoms with Crippen molar-refractivity contribution in [3.05, 3.63) is 77.3 Å². The monoisotopic (exact) mass is 321 g/mol. The van der Waals surface area contributed by atoms with Gasteiger partial charge in [0.15, 0.2) is 0 Å². The van der Waals surface area contributed by atoms with Gasteiger partial charge < -0.3 is 10.5 Å². The van der Waals surface area contributed by atoms with E-state index < -0.39 is 0 Å². The van der Waals surface area contributed by atoms with Crippen molar-refractivity contribution in [2.45, 2.75) is 6.04 Å². The molecule has 0 spiro atoms. The molecule has 3 aromatic carbocycles. The fraction of sp³-hybridized carbons (Fsp3) is 0.100. The van der Waals surface area contributed by atoms with Crippen molar-refractivity contribution in [3.63, 3.8) is 0 Å². The average molecular weight is 322 g/mol. The van der Waals surface area contributed by atoms with Gasteiger partial charge in [-0.1, -0.05) is 65.9 Å². The summed E-state index contributed by atoms with van der Waals surface area (Å²) in [5.41, 5.74) is 6.96.